The van der Waals surface area contributed by atoms with Gasteiger partial charge in [-0.05, 0) is 48.9 Å². The number of thiophene rings is 1. The average Bonchev–Trinajstić information content (AvgIpc) is 3.34. The molecule has 3 heterocycles. The Morgan fingerprint density at radius 2 is 1.94 bits per heavy atom. The fourth-order valence-corrected chi connectivity index (χ4v) is 6.38. The van der Waals surface area contributed by atoms with E-state index in [1.165, 1.54) is 15.1 Å². The molecular formula is C24H24ClN3O2S2. The van der Waals surface area contributed by atoms with Crippen molar-refractivity contribution in [2.45, 2.75) is 19.4 Å². The molecule has 2 aromatic carbocycles. The number of ether oxygens (including phenoxy) is 1. The molecule has 1 N–H and O–H groups in total. The molecule has 1 amide bonds. The fraction of sp³-hybridized carbons (Fsp3) is 0.250. The highest BCUT2D eigenvalue weighted by atomic mass is 35.5. The van der Waals surface area contributed by atoms with Crippen molar-refractivity contribution in [2.24, 2.45) is 0 Å². The Morgan fingerprint density at radius 3 is 2.69 bits per heavy atom. The number of fused-ring (bicyclic) bond motifs is 2. The van der Waals surface area contributed by atoms with E-state index in [9.17, 15) is 4.79 Å². The van der Waals surface area contributed by atoms with Gasteiger partial charge in [-0.1, -0.05) is 24.3 Å². The summed E-state index contributed by atoms with van der Waals surface area (Å²) in [6.07, 6.45) is 1.30. The first-order chi connectivity index (χ1) is 15.1. The number of nitrogens with zero attached hydrogens (tertiary/aromatic N) is 2. The highest BCUT2D eigenvalue weighted by Crippen LogP contribution is 2.45. The maximum atomic E-state index is 12.9. The van der Waals surface area contributed by atoms with Gasteiger partial charge in [-0.15, -0.1) is 35.1 Å². The molecular weight excluding hydrogens is 462 g/mol. The van der Waals surface area contributed by atoms with Crippen LogP contribution >= 0.6 is 35.1 Å². The third kappa shape index (κ3) is 4.52. The molecule has 1 aliphatic rings. The SMILES string of the molecule is COc1ccc(CC(=O)Nc2sc3c(c2-c2nc4ccccc4s2)CCN(C)C3)cc1.Cl. The molecule has 0 saturated carbocycles. The highest BCUT2D eigenvalue weighted by molar-refractivity contribution is 7.22. The molecule has 166 valence electrons. The quantitative estimate of drug-likeness (QED) is 0.398. The van der Waals surface area contributed by atoms with Crippen LogP contribution in [0.25, 0.3) is 20.8 Å². The summed E-state index contributed by atoms with van der Waals surface area (Å²) in [5.74, 6) is 0.775. The predicted octanol–water partition coefficient (Wildman–Crippen LogP) is 5.62. The Bertz CT molecular complexity index is 1220. The van der Waals surface area contributed by atoms with Gasteiger partial charge in [0.25, 0.3) is 0 Å². The van der Waals surface area contributed by atoms with Gasteiger partial charge in [0.2, 0.25) is 5.91 Å². The number of nitrogens with one attached hydrogen (secondary N) is 1. The normalized spacial score (nSPS) is 13.4. The van der Waals surface area contributed by atoms with Gasteiger partial charge in [-0.3, -0.25) is 4.79 Å². The summed E-state index contributed by atoms with van der Waals surface area (Å²) in [7, 11) is 3.78. The second kappa shape index (κ2) is 9.58. The summed E-state index contributed by atoms with van der Waals surface area (Å²) < 4.78 is 6.37. The number of carbonyl (C=O) groups is 1. The number of hydrogen-bond donors (Lipinski definition) is 1. The second-order valence-corrected chi connectivity index (χ2v) is 9.89. The first-order valence-electron chi connectivity index (χ1n) is 10.2. The van der Waals surface area contributed by atoms with Crippen molar-refractivity contribution in [1.29, 1.82) is 0 Å². The third-order valence-electron chi connectivity index (χ3n) is 5.53. The van der Waals surface area contributed by atoms with Crippen molar-refractivity contribution in [3.05, 3.63) is 64.5 Å². The molecule has 0 aliphatic carbocycles. The molecule has 32 heavy (non-hydrogen) atoms. The summed E-state index contributed by atoms with van der Waals surface area (Å²) in [5, 5.41) is 5.10. The van der Waals surface area contributed by atoms with E-state index in [2.05, 4.69) is 23.3 Å². The third-order valence-corrected chi connectivity index (χ3v) is 7.72. The molecule has 4 aromatic rings. The van der Waals surface area contributed by atoms with Gasteiger partial charge in [-0.25, -0.2) is 4.98 Å². The second-order valence-electron chi connectivity index (χ2n) is 7.76. The summed E-state index contributed by atoms with van der Waals surface area (Å²) >= 11 is 3.38. The topological polar surface area (TPSA) is 54.5 Å². The van der Waals surface area contributed by atoms with Crippen LogP contribution in [0.4, 0.5) is 5.00 Å². The van der Waals surface area contributed by atoms with Crippen molar-refractivity contribution in [2.75, 3.05) is 26.0 Å². The molecule has 2 aromatic heterocycles. The highest BCUT2D eigenvalue weighted by Gasteiger charge is 2.26. The van der Waals surface area contributed by atoms with E-state index in [0.29, 0.717) is 6.42 Å². The molecule has 0 atom stereocenters. The van der Waals surface area contributed by atoms with E-state index in [0.717, 1.165) is 51.9 Å². The number of amides is 1. The predicted molar refractivity (Wildman–Crippen MR) is 136 cm³/mol. The standard InChI is InChI=1S/C24H23N3O2S2.ClH/c1-27-12-11-17-20(14-27)31-24(22(17)23-25-18-5-3-4-6-19(18)30-23)26-21(28)13-15-7-9-16(29-2)10-8-15;/h3-10H,11-14H2,1-2H3,(H,26,28);1H. The van der Waals surface area contributed by atoms with E-state index >= 15 is 0 Å². The van der Waals surface area contributed by atoms with Gasteiger partial charge in [0, 0.05) is 23.5 Å². The number of likely N-dealkylation sites (N-methyl/N-ethyl adjacent to an activating group) is 1. The van der Waals surface area contributed by atoms with Gasteiger partial charge < -0.3 is 15.0 Å². The number of halogens is 1. The number of rotatable bonds is 5. The molecule has 8 heteroatoms. The van der Waals surface area contributed by atoms with Crippen LogP contribution in [0.2, 0.25) is 0 Å². The number of aromatic nitrogens is 1. The summed E-state index contributed by atoms with van der Waals surface area (Å²) in [4.78, 5) is 21.5. The summed E-state index contributed by atoms with van der Waals surface area (Å²) in [6, 6.07) is 15.8. The van der Waals surface area contributed by atoms with Gasteiger partial charge in [0.15, 0.2) is 0 Å². The zero-order valence-electron chi connectivity index (χ0n) is 17.9. The molecule has 1 aliphatic heterocycles. The first-order valence-corrected chi connectivity index (χ1v) is 11.9. The number of methoxy groups -OCH3 is 1. The van der Waals surface area contributed by atoms with Gasteiger partial charge in [0.05, 0.1) is 23.7 Å². The molecule has 0 bridgehead atoms. The monoisotopic (exact) mass is 485 g/mol. The molecule has 0 radical (unpaired) electrons. The molecule has 0 unspecified atom stereocenters. The minimum atomic E-state index is -0.0144. The van der Waals surface area contributed by atoms with Crippen LogP contribution in [0.3, 0.4) is 0 Å². The Balaban J connectivity index is 0.00000245. The molecule has 0 saturated heterocycles. The maximum Gasteiger partial charge on any atom is 0.229 e. The minimum Gasteiger partial charge on any atom is -0.497 e. The Kier molecular flexibility index (Phi) is 6.81. The van der Waals surface area contributed by atoms with Crippen LogP contribution in [0.15, 0.2) is 48.5 Å². The molecule has 0 spiro atoms. The largest absolute Gasteiger partial charge is 0.497 e. The van der Waals surface area contributed by atoms with Crippen LogP contribution in [0, 0.1) is 0 Å². The first kappa shape index (κ1) is 22.7. The van der Waals surface area contributed by atoms with E-state index in [1.54, 1.807) is 29.8 Å². The van der Waals surface area contributed by atoms with Crippen LogP contribution in [0.1, 0.15) is 16.0 Å². The van der Waals surface area contributed by atoms with Crippen LogP contribution in [0.5, 0.6) is 5.75 Å². The van der Waals surface area contributed by atoms with E-state index in [4.69, 9.17) is 9.72 Å². The van der Waals surface area contributed by atoms with E-state index in [-0.39, 0.29) is 18.3 Å². The van der Waals surface area contributed by atoms with Crippen LogP contribution in [-0.2, 0) is 24.2 Å². The molecule has 5 nitrogen and oxygen atoms in total. The average molecular weight is 486 g/mol. The zero-order valence-corrected chi connectivity index (χ0v) is 20.3. The van der Waals surface area contributed by atoms with Crippen LogP contribution < -0.4 is 10.1 Å². The lowest BCUT2D eigenvalue weighted by atomic mass is 10.0. The van der Waals surface area contributed by atoms with Gasteiger partial charge in [0.1, 0.15) is 15.8 Å². The van der Waals surface area contributed by atoms with Crippen molar-refractivity contribution in [3.8, 4) is 16.3 Å². The zero-order chi connectivity index (χ0) is 21.4. The molecule has 0 fully saturated rings. The number of thiazole rings is 1. The number of hydrogen-bond acceptors (Lipinski definition) is 6. The van der Waals surface area contributed by atoms with Crippen molar-refractivity contribution < 1.29 is 9.53 Å². The molecule has 5 rings (SSSR count). The number of para-hydroxylation sites is 1. The Hall–Kier alpha value is -2.45. The maximum absolute atomic E-state index is 12.9. The number of anilines is 1. The lowest BCUT2D eigenvalue weighted by molar-refractivity contribution is -0.115. The lowest BCUT2D eigenvalue weighted by Gasteiger charge is -2.22. The van der Waals surface area contributed by atoms with Gasteiger partial charge in [-0.2, -0.15) is 0 Å². The number of carbonyl (C=O) groups excluding carboxylic acids is 1. The minimum absolute atomic E-state index is 0. The lowest BCUT2D eigenvalue weighted by Crippen LogP contribution is -2.25. The Morgan fingerprint density at radius 1 is 1.16 bits per heavy atom. The van der Waals surface area contributed by atoms with Crippen LogP contribution in [-0.4, -0.2) is 36.5 Å². The fourth-order valence-electron chi connectivity index (χ4n) is 3.92. The van der Waals surface area contributed by atoms with Gasteiger partial charge >= 0.3 is 0 Å². The summed E-state index contributed by atoms with van der Waals surface area (Å²) in [6.45, 7) is 1.92. The van der Waals surface area contributed by atoms with Crippen molar-refractivity contribution >= 4 is 56.2 Å². The Labute approximate surface area is 201 Å². The smallest absolute Gasteiger partial charge is 0.229 e. The summed E-state index contributed by atoms with van der Waals surface area (Å²) in [5.41, 5.74) is 4.41. The number of benzene rings is 2. The van der Waals surface area contributed by atoms with Crippen molar-refractivity contribution in [1.82, 2.24) is 9.88 Å². The van der Waals surface area contributed by atoms with E-state index in [1.807, 2.05) is 42.5 Å². The van der Waals surface area contributed by atoms with E-state index < -0.39 is 0 Å². The van der Waals surface area contributed by atoms with Crippen molar-refractivity contribution in [3.63, 3.8) is 0 Å².